The summed E-state index contributed by atoms with van der Waals surface area (Å²) in [6.45, 7) is 3.85. The van der Waals surface area contributed by atoms with E-state index in [0.29, 0.717) is 37.4 Å². The predicted octanol–water partition coefficient (Wildman–Crippen LogP) is 5.77. The number of aromatic amines is 1. The molecule has 4 aromatic rings. The molecule has 0 unspecified atom stereocenters. The van der Waals surface area contributed by atoms with E-state index in [0.717, 1.165) is 35.0 Å². The summed E-state index contributed by atoms with van der Waals surface area (Å²) in [4.78, 5) is 34.5. The van der Waals surface area contributed by atoms with E-state index in [1.165, 1.54) is 12.1 Å². The number of hydrogen-bond acceptors (Lipinski definition) is 4. The zero-order valence-corrected chi connectivity index (χ0v) is 25.0. The summed E-state index contributed by atoms with van der Waals surface area (Å²) < 4.78 is 19.2. The second-order valence-corrected chi connectivity index (χ2v) is 11.5. The lowest BCUT2D eigenvalue weighted by atomic mass is 9.92. The van der Waals surface area contributed by atoms with Crippen LogP contribution in [0, 0.1) is 5.82 Å². The number of ether oxygens (including phenoxy) is 1. The zero-order valence-electron chi connectivity index (χ0n) is 25.0. The summed E-state index contributed by atoms with van der Waals surface area (Å²) in [5, 5.41) is 7.14. The first kappa shape index (κ1) is 30.1. The van der Waals surface area contributed by atoms with Crippen LogP contribution in [0.5, 0.6) is 5.75 Å². The van der Waals surface area contributed by atoms with Crippen molar-refractivity contribution in [2.45, 2.75) is 44.2 Å². The molecule has 0 saturated carbocycles. The number of fused-ring (bicyclic) bond motifs is 1. The third-order valence-electron chi connectivity index (χ3n) is 8.06. The van der Waals surface area contributed by atoms with Gasteiger partial charge in [0.05, 0.1) is 0 Å². The fraction of sp³-hybridized carbons (Fsp3) is 0.353. The molecule has 2 atom stereocenters. The number of carbonyl (C=O) groups excluding carboxylic acids is 2. The Bertz CT molecular complexity index is 1530. The second-order valence-electron chi connectivity index (χ2n) is 11.5. The fourth-order valence-corrected chi connectivity index (χ4v) is 5.55. The van der Waals surface area contributed by atoms with Crippen LogP contribution in [0.15, 0.2) is 79.0 Å². The lowest BCUT2D eigenvalue weighted by Gasteiger charge is -2.34. The Morgan fingerprint density at radius 1 is 1.05 bits per heavy atom. The highest BCUT2D eigenvalue weighted by atomic mass is 19.1. The van der Waals surface area contributed by atoms with Gasteiger partial charge in [-0.05, 0) is 74.1 Å². The molecule has 0 aliphatic carbocycles. The first-order valence-electron chi connectivity index (χ1n) is 14.8. The van der Waals surface area contributed by atoms with Gasteiger partial charge in [-0.15, -0.1) is 0 Å². The number of amides is 3. The van der Waals surface area contributed by atoms with Crippen LogP contribution in [0.4, 0.5) is 14.9 Å². The molecule has 9 heteroatoms. The number of rotatable bonds is 10. The number of carbonyl (C=O) groups is 2. The minimum atomic E-state index is -0.815. The lowest BCUT2D eigenvalue weighted by molar-refractivity contribution is -0.118. The van der Waals surface area contributed by atoms with Gasteiger partial charge in [-0.25, -0.2) is 9.18 Å². The minimum absolute atomic E-state index is 0.0708. The normalized spacial score (nSPS) is 15.3. The average Bonchev–Trinajstić information content (AvgIpc) is 3.44. The Kier molecular flexibility index (Phi) is 9.61. The van der Waals surface area contributed by atoms with Crippen molar-refractivity contribution < 1.29 is 18.7 Å². The van der Waals surface area contributed by atoms with Crippen LogP contribution in [0.1, 0.15) is 36.8 Å². The number of likely N-dealkylation sites (N-methyl/N-ethyl adjacent to an activating group) is 1. The molecule has 5 rings (SSSR count). The number of nitrogens with one attached hydrogen (secondary N) is 3. The maximum absolute atomic E-state index is 13.9. The molecular formula is C34H40FN5O3. The average molecular weight is 586 g/mol. The van der Waals surface area contributed by atoms with Crippen LogP contribution in [0.3, 0.4) is 0 Å². The number of para-hydroxylation sites is 1. The van der Waals surface area contributed by atoms with Crippen molar-refractivity contribution in [3.63, 3.8) is 0 Å². The van der Waals surface area contributed by atoms with Crippen molar-refractivity contribution in [3.05, 3.63) is 95.9 Å². The standard InChI is InChI=1S/C34H40FN5O3/c1-23(30-22-36-31-10-5-4-9-29(30)31)32(33(41)37-26-8-6-7-24(21-26)15-18-39(2)3)38-34(42)40-19-16-28(17-20-40)43-27-13-11-25(35)12-14-27/h4-14,21-23,28,32,36H,15-20H2,1-3H3,(H,37,41)(H,38,42)/t23-,32-/m1/s1. The van der Waals surface area contributed by atoms with E-state index in [4.69, 9.17) is 4.74 Å². The highest BCUT2D eigenvalue weighted by Gasteiger charge is 2.32. The fourth-order valence-electron chi connectivity index (χ4n) is 5.55. The Balaban J connectivity index is 1.29. The molecule has 2 heterocycles. The maximum atomic E-state index is 13.9. The molecule has 226 valence electrons. The van der Waals surface area contributed by atoms with Gasteiger partial charge in [-0.3, -0.25) is 4.79 Å². The van der Waals surface area contributed by atoms with Crippen molar-refractivity contribution in [1.82, 2.24) is 20.1 Å². The molecule has 0 spiro atoms. The van der Waals surface area contributed by atoms with Crippen molar-refractivity contribution in [1.29, 1.82) is 0 Å². The summed E-state index contributed by atoms with van der Waals surface area (Å²) >= 11 is 0. The third-order valence-corrected chi connectivity index (χ3v) is 8.06. The van der Waals surface area contributed by atoms with E-state index in [-0.39, 0.29) is 29.8 Å². The predicted molar refractivity (Wildman–Crippen MR) is 168 cm³/mol. The number of hydrogen-bond donors (Lipinski definition) is 3. The molecule has 1 aliphatic rings. The van der Waals surface area contributed by atoms with Crippen LogP contribution in [-0.4, -0.2) is 72.6 Å². The summed E-state index contributed by atoms with van der Waals surface area (Å²) in [6, 6.07) is 20.7. The Morgan fingerprint density at radius 2 is 1.79 bits per heavy atom. The van der Waals surface area contributed by atoms with Gasteiger partial charge in [0.15, 0.2) is 0 Å². The van der Waals surface area contributed by atoms with Crippen LogP contribution in [0.2, 0.25) is 0 Å². The van der Waals surface area contributed by atoms with E-state index in [1.54, 1.807) is 17.0 Å². The molecule has 3 aromatic carbocycles. The van der Waals surface area contributed by atoms with Crippen molar-refractivity contribution >= 4 is 28.5 Å². The molecule has 3 amide bonds. The first-order chi connectivity index (χ1) is 20.8. The van der Waals surface area contributed by atoms with Gasteiger partial charge in [0.2, 0.25) is 5.91 Å². The van der Waals surface area contributed by atoms with Crippen molar-refractivity contribution in [2.75, 3.05) is 39.0 Å². The Morgan fingerprint density at radius 3 is 2.53 bits per heavy atom. The van der Waals surface area contributed by atoms with E-state index < -0.39 is 6.04 Å². The maximum Gasteiger partial charge on any atom is 0.318 e. The molecule has 1 fully saturated rings. The van der Waals surface area contributed by atoms with Gasteiger partial charge < -0.3 is 30.2 Å². The van der Waals surface area contributed by atoms with E-state index in [9.17, 15) is 14.0 Å². The van der Waals surface area contributed by atoms with Crippen LogP contribution >= 0.6 is 0 Å². The highest BCUT2D eigenvalue weighted by Crippen LogP contribution is 2.29. The largest absolute Gasteiger partial charge is 0.490 e. The molecule has 0 radical (unpaired) electrons. The number of halogens is 1. The van der Waals surface area contributed by atoms with E-state index in [2.05, 4.69) is 26.6 Å². The number of benzene rings is 3. The SMILES string of the molecule is C[C@H](c1c[nH]c2ccccc12)[C@@H](NC(=O)N1CCC(Oc2ccc(F)cc2)CC1)C(=O)Nc1cccc(CCN(C)C)c1. The molecule has 1 aromatic heterocycles. The first-order valence-corrected chi connectivity index (χ1v) is 14.8. The smallest absolute Gasteiger partial charge is 0.318 e. The summed E-state index contributed by atoms with van der Waals surface area (Å²) in [7, 11) is 4.07. The van der Waals surface area contributed by atoms with Gasteiger partial charge in [0.25, 0.3) is 0 Å². The Hall–Kier alpha value is -4.37. The van der Waals surface area contributed by atoms with E-state index in [1.807, 2.05) is 69.7 Å². The summed E-state index contributed by atoms with van der Waals surface area (Å²) in [5.41, 5.74) is 3.77. The topological polar surface area (TPSA) is 89.7 Å². The van der Waals surface area contributed by atoms with E-state index >= 15 is 0 Å². The lowest BCUT2D eigenvalue weighted by Crippen LogP contribution is -2.53. The molecular weight excluding hydrogens is 545 g/mol. The number of anilines is 1. The molecule has 3 N–H and O–H groups in total. The van der Waals surface area contributed by atoms with Crippen molar-refractivity contribution in [2.24, 2.45) is 0 Å². The number of urea groups is 1. The minimum Gasteiger partial charge on any atom is -0.490 e. The van der Waals surface area contributed by atoms with Crippen LogP contribution < -0.4 is 15.4 Å². The molecule has 1 saturated heterocycles. The quantitative estimate of drug-likeness (QED) is 0.220. The highest BCUT2D eigenvalue weighted by molar-refractivity contribution is 5.98. The number of nitrogens with zero attached hydrogens (tertiary/aromatic N) is 2. The number of aromatic nitrogens is 1. The number of piperidine rings is 1. The molecule has 8 nitrogen and oxygen atoms in total. The zero-order chi connectivity index (χ0) is 30.3. The van der Waals surface area contributed by atoms with Gasteiger partial charge in [0.1, 0.15) is 23.7 Å². The van der Waals surface area contributed by atoms with Gasteiger partial charge in [0, 0.05) is 61.2 Å². The van der Waals surface area contributed by atoms with Gasteiger partial charge in [-0.2, -0.15) is 0 Å². The third kappa shape index (κ3) is 7.73. The van der Waals surface area contributed by atoms with Crippen LogP contribution in [0.25, 0.3) is 10.9 Å². The molecule has 43 heavy (non-hydrogen) atoms. The number of H-pyrrole nitrogens is 1. The second kappa shape index (κ2) is 13.7. The van der Waals surface area contributed by atoms with Gasteiger partial charge >= 0.3 is 6.03 Å². The molecule has 1 aliphatic heterocycles. The van der Waals surface area contributed by atoms with Crippen molar-refractivity contribution in [3.8, 4) is 5.75 Å². The molecule has 0 bridgehead atoms. The monoisotopic (exact) mass is 585 g/mol. The Labute approximate surface area is 252 Å². The number of likely N-dealkylation sites (tertiary alicyclic amines) is 1. The van der Waals surface area contributed by atoms with Crippen LogP contribution in [-0.2, 0) is 11.2 Å². The van der Waals surface area contributed by atoms with Gasteiger partial charge in [-0.1, -0.05) is 37.3 Å². The summed E-state index contributed by atoms with van der Waals surface area (Å²) in [6.07, 6.45) is 3.99. The summed E-state index contributed by atoms with van der Waals surface area (Å²) in [5.74, 6) is -0.280.